The minimum absolute atomic E-state index is 0.285. The molecule has 17 heavy (non-hydrogen) atoms. The van der Waals surface area contributed by atoms with Crippen molar-refractivity contribution in [3.8, 4) is 0 Å². The van der Waals surface area contributed by atoms with Gasteiger partial charge in [-0.3, -0.25) is 4.79 Å². The SMILES string of the molecule is CCNC(C)CC(=O)N1CCCC1CN(C)C. The van der Waals surface area contributed by atoms with Crippen LogP contribution in [0.1, 0.15) is 33.1 Å². The summed E-state index contributed by atoms with van der Waals surface area (Å²) >= 11 is 0. The smallest absolute Gasteiger partial charge is 0.224 e. The van der Waals surface area contributed by atoms with Gasteiger partial charge in [0.05, 0.1) is 0 Å². The van der Waals surface area contributed by atoms with E-state index in [2.05, 4.69) is 43.1 Å². The highest BCUT2D eigenvalue weighted by molar-refractivity contribution is 5.77. The average molecular weight is 241 g/mol. The van der Waals surface area contributed by atoms with E-state index in [4.69, 9.17) is 0 Å². The number of carbonyl (C=O) groups is 1. The van der Waals surface area contributed by atoms with E-state index in [0.29, 0.717) is 18.4 Å². The van der Waals surface area contributed by atoms with Crippen LogP contribution in [-0.4, -0.2) is 61.5 Å². The number of rotatable bonds is 6. The van der Waals surface area contributed by atoms with Crippen LogP contribution in [-0.2, 0) is 4.79 Å². The fourth-order valence-corrected chi connectivity index (χ4v) is 2.58. The Morgan fingerprint density at radius 3 is 2.82 bits per heavy atom. The molecule has 2 unspecified atom stereocenters. The van der Waals surface area contributed by atoms with Gasteiger partial charge in [-0.1, -0.05) is 6.92 Å². The molecule has 0 aromatic heterocycles. The molecule has 0 saturated carbocycles. The first kappa shape index (κ1) is 14.5. The van der Waals surface area contributed by atoms with E-state index in [-0.39, 0.29) is 6.04 Å². The van der Waals surface area contributed by atoms with Crippen LogP contribution in [0.5, 0.6) is 0 Å². The summed E-state index contributed by atoms with van der Waals surface area (Å²) in [7, 11) is 4.14. The first-order valence-corrected chi connectivity index (χ1v) is 6.72. The van der Waals surface area contributed by atoms with Crippen LogP contribution >= 0.6 is 0 Å². The lowest BCUT2D eigenvalue weighted by atomic mass is 10.1. The third-order valence-corrected chi connectivity index (χ3v) is 3.31. The summed E-state index contributed by atoms with van der Waals surface area (Å²) in [6, 6.07) is 0.708. The molecule has 2 atom stereocenters. The third kappa shape index (κ3) is 4.64. The van der Waals surface area contributed by atoms with Crippen molar-refractivity contribution in [3.05, 3.63) is 0 Å². The average Bonchev–Trinajstić information content (AvgIpc) is 2.65. The van der Waals surface area contributed by atoms with E-state index in [1.807, 2.05) is 0 Å². The van der Waals surface area contributed by atoms with Gasteiger partial charge in [0.1, 0.15) is 0 Å². The number of likely N-dealkylation sites (tertiary alicyclic amines) is 1. The first-order valence-electron chi connectivity index (χ1n) is 6.72. The maximum absolute atomic E-state index is 12.2. The quantitative estimate of drug-likeness (QED) is 0.751. The molecule has 0 radical (unpaired) electrons. The lowest BCUT2D eigenvalue weighted by molar-refractivity contribution is -0.132. The molecule has 0 spiro atoms. The van der Waals surface area contributed by atoms with Crippen molar-refractivity contribution in [1.29, 1.82) is 0 Å². The first-order chi connectivity index (χ1) is 8.04. The van der Waals surface area contributed by atoms with Gasteiger partial charge in [0, 0.05) is 31.6 Å². The highest BCUT2D eigenvalue weighted by Crippen LogP contribution is 2.19. The Morgan fingerprint density at radius 2 is 2.24 bits per heavy atom. The summed E-state index contributed by atoms with van der Waals surface area (Å²) in [6.45, 7) is 7.01. The predicted octanol–water partition coefficient (Wildman–Crippen LogP) is 0.927. The van der Waals surface area contributed by atoms with Crippen LogP contribution in [0.4, 0.5) is 0 Å². The number of hydrogen-bond acceptors (Lipinski definition) is 3. The van der Waals surface area contributed by atoms with E-state index >= 15 is 0 Å². The van der Waals surface area contributed by atoms with Crippen molar-refractivity contribution in [2.24, 2.45) is 0 Å². The summed E-state index contributed by atoms with van der Waals surface area (Å²) in [6.07, 6.45) is 2.93. The minimum atomic E-state index is 0.285. The molecule has 1 saturated heterocycles. The Kier molecular flexibility index (Phi) is 5.92. The zero-order chi connectivity index (χ0) is 12.8. The molecule has 1 heterocycles. The second-order valence-electron chi connectivity index (χ2n) is 5.31. The molecule has 1 fully saturated rings. The number of carbonyl (C=O) groups excluding carboxylic acids is 1. The maximum atomic E-state index is 12.2. The summed E-state index contributed by atoms with van der Waals surface area (Å²) in [5.74, 6) is 0.308. The van der Waals surface area contributed by atoms with E-state index in [1.165, 1.54) is 0 Å². The summed E-state index contributed by atoms with van der Waals surface area (Å²) in [5.41, 5.74) is 0. The zero-order valence-electron chi connectivity index (χ0n) is 11.7. The Bertz CT molecular complexity index is 243. The number of nitrogens with zero attached hydrogens (tertiary/aromatic N) is 2. The van der Waals surface area contributed by atoms with Crippen molar-refractivity contribution < 1.29 is 4.79 Å². The van der Waals surface area contributed by atoms with E-state index in [9.17, 15) is 4.79 Å². The fourth-order valence-electron chi connectivity index (χ4n) is 2.58. The lowest BCUT2D eigenvalue weighted by Gasteiger charge is -2.28. The van der Waals surface area contributed by atoms with Crippen molar-refractivity contribution in [1.82, 2.24) is 15.1 Å². The van der Waals surface area contributed by atoms with Gasteiger partial charge in [-0.15, -0.1) is 0 Å². The highest BCUT2D eigenvalue weighted by Gasteiger charge is 2.29. The topological polar surface area (TPSA) is 35.6 Å². The molecule has 4 nitrogen and oxygen atoms in total. The lowest BCUT2D eigenvalue weighted by Crippen LogP contribution is -2.43. The molecule has 1 N–H and O–H groups in total. The molecule has 1 amide bonds. The minimum Gasteiger partial charge on any atom is -0.338 e. The van der Waals surface area contributed by atoms with Crippen molar-refractivity contribution in [2.75, 3.05) is 33.7 Å². The van der Waals surface area contributed by atoms with Gasteiger partial charge in [0.25, 0.3) is 0 Å². The van der Waals surface area contributed by atoms with Gasteiger partial charge in [-0.25, -0.2) is 0 Å². The highest BCUT2D eigenvalue weighted by atomic mass is 16.2. The standard InChI is InChI=1S/C13H27N3O/c1-5-14-11(2)9-13(17)16-8-6-7-12(16)10-15(3)4/h11-12,14H,5-10H2,1-4H3. The van der Waals surface area contributed by atoms with E-state index in [1.54, 1.807) is 0 Å². The Labute approximate surface area is 105 Å². The van der Waals surface area contributed by atoms with E-state index < -0.39 is 0 Å². The van der Waals surface area contributed by atoms with Crippen LogP contribution in [0.15, 0.2) is 0 Å². The van der Waals surface area contributed by atoms with Gasteiger partial charge in [-0.2, -0.15) is 0 Å². The van der Waals surface area contributed by atoms with Crippen molar-refractivity contribution in [3.63, 3.8) is 0 Å². The number of likely N-dealkylation sites (N-methyl/N-ethyl adjacent to an activating group) is 1. The summed E-state index contributed by atoms with van der Waals surface area (Å²) in [5, 5.41) is 3.30. The largest absolute Gasteiger partial charge is 0.338 e. The Balaban J connectivity index is 2.44. The molecule has 100 valence electrons. The molecule has 0 aliphatic carbocycles. The van der Waals surface area contributed by atoms with Gasteiger partial charge in [0.2, 0.25) is 5.91 Å². The Hall–Kier alpha value is -0.610. The van der Waals surface area contributed by atoms with Gasteiger partial charge >= 0.3 is 0 Å². The van der Waals surface area contributed by atoms with Crippen molar-refractivity contribution >= 4 is 5.91 Å². The van der Waals surface area contributed by atoms with Gasteiger partial charge < -0.3 is 15.1 Å². The fraction of sp³-hybridized carbons (Fsp3) is 0.923. The van der Waals surface area contributed by atoms with Crippen LogP contribution in [0.2, 0.25) is 0 Å². The predicted molar refractivity (Wildman–Crippen MR) is 71.0 cm³/mol. The maximum Gasteiger partial charge on any atom is 0.224 e. The van der Waals surface area contributed by atoms with Crippen LogP contribution in [0.3, 0.4) is 0 Å². The molecule has 4 heteroatoms. The van der Waals surface area contributed by atoms with E-state index in [0.717, 1.165) is 32.5 Å². The number of amides is 1. The molecule has 1 aliphatic heterocycles. The summed E-state index contributed by atoms with van der Waals surface area (Å²) < 4.78 is 0. The molecular formula is C13H27N3O. The number of nitrogens with one attached hydrogen (secondary N) is 1. The number of hydrogen-bond donors (Lipinski definition) is 1. The van der Waals surface area contributed by atoms with Crippen LogP contribution in [0.25, 0.3) is 0 Å². The molecule has 1 rings (SSSR count). The Morgan fingerprint density at radius 1 is 1.53 bits per heavy atom. The third-order valence-electron chi connectivity index (χ3n) is 3.31. The van der Waals surface area contributed by atoms with Gasteiger partial charge in [0.15, 0.2) is 0 Å². The second kappa shape index (κ2) is 6.97. The van der Waals surface area contributed by atoms with Gasteiger partial charge in [-0.05, 0) is 40.4 Å². The van der Waals surface area contributed by atoms with Crippen molar-refractivity contribution in [2.45, 2.75) is 45.2 Å². The molecular weight excluding hydrogens is 214 g/mol. The molecule has 1 aliphatic rings. The monoisotopic (exact) mass is 241 g/mol. The normalized spacial score (nSPS) is 22.2. The zero-order valence-corrected chi connectivity index (χ0v) is 11.7. The summed E-state index contributed by atoms with van der Waals surface area (Å²) in [4.78, 5) is 16.4. The molecule has 0 aromatic rings. The van der Waals surface area contributed by atoms with Crippen LogP contribution < -0.4 is 5.32 Å². The second-order valence-corrected chi connectivity index (χ2v) is 5.31. The van der Waals surface area contributed by atoms with Crippen LogP contribution in [0, 0.1) is 0 Å². The molecule has 0 aromatic carbocycles. The molecule has 0 bridgehead atoms.